The number of hydrogen-bond donors (Lipinski definition) is 3. The molecule has 0 aliphatic rings. The van der Waals surface area contributed by atoms with E-state index < -0.39 is 0 Å². The van der Waals surface area contributed by atoms with E-state index in [1.807, 2.05) is 25.3 Å². The van der Waals surface area contributed by atoms with Crippen LogP contribution in [-0.2, 0) is 17.8 Å². The van der Waals surface area contributed by atoms with Crippen LogP contribution in [0.4, 0.5) is 0 Å². The normalized spacial score (nSPS) is 11.3. The van der Waals surface area contributed by atoms with Crippen molar-refractivity contribution < 1.29 is 4.79 Å². The van der Waals surface area contributed by atoms with E-state index in [0.717, 1.165) is 25.3 Å². The Balaban J connectivity index is 2.43. The molecular weight excluding hydrogens is 270 g/mol. The van der Waals surface area contributed by atoms with Crippen LogP contribution >= 0.6 is 0 Å². The van der Waals surface area contributed by atoms with Crippen molar-refractivity contribution in [2.45, 2.75) is 33.7 Å². The van der Waals surface area contributed by atoms with Gasteiger partial charge in [-0.3, -0.25) is 4.79 Å². The van der Waals surface area contributed by atoms with Crippen molar-refractivity contribution in [3.63, 3.8) is 0 Å². The molecule has 0 radical (unpaired) electrons. The third kappa shape index (κ3) is 6.24. The van der Waals surface area contributed by atoms with E-state index in [9.17, 15) is 4.79 Å². The first-order chi connectivity index (χ1) is 10.2. The van der Waals surface area contributed by atoms with E-state index in [1.54, 1.807) is 6.33 Å². The first-order valence-electron chi connectivity index (χ1n) is 7.36. The maximum atomic E-state index is 11.4. The van der Waals surface area contributed by atoms with Crippen LogP contribution < -0.4 is 16.0 Å². The van der Waals surface area contributed by atoms with Crippen molar-refractivity contribution in [3.8, 4) is 0 Å². The molecule has 0 aliphatic heterocycles. The van der Waals surface area contributed by atoms with E-state index in [1.165, 1.54) is 0 Å². The molecule has 0 fully saturated rings. The molecule has 8 nitrogen and oxygen atoms in total. The third-order valence-electron chi connectivity index (χ3n) is 2.76. The van der Waals surface area contributed by atoms with Crippen molar-refractivity contribution in [3.05, 3.63) is 12.2 Å². The van der Waals surface area contributed by atoms with Crippen LogP contribution in [0.2, 0.25) is 0 Å². The summed E-state index contributed by atoms with van der Waals surface area (Å²) in [5.74, 6) is 1.51. The monoisotopic (exact) mass is 295 g/mol. The van der Waals surface area contributed by atoms with Gasteiger partial charge in [0.05, 0.1) is 0 Å². The summed E-state index contributed by atoms with van der Waals surface area (Å²) in [6.07, 6.45) is 2.57. The lowest BCUT2D eigenvalue weighted by Gasteiger charge is -2.12. The molecular formula is C13H25N7O. The molecule has 1 heterocycles. The Labute approximate surface area is 125 Å². The number of aryl methyl sites for hydroxylation is 1. The van der Waals surface area contributed by atoms with Gasteiger partial charge < -0.3 is 20.5 Å². The summed E-state index contributed by atoms with van der Waals surface area (Å²) in [5.41, 5.74) is 0. The average molecular weight is 295 g/mol. The van der Waals surface area contributed by atoms with Gasteiger partial charge in [0, 0.05) is 32.6 Å². The van der Waals surface area contributed by atoms with Gasteiger partial charge in [-0.05, 0) is 13.8 Å². The summed E-state index contributed by atoms with van der Waals surface area (Å²) in [5, 5.41) is 16.9. The second kappa shape index (κ2) is 9.73. The summed E-state index contributed by atoms with van der Waals surface area (Å²) in [6.45, 7) is 8.84. The highest BCUT2D eigenvalue weighted by Gasteiger charge is 2.03. The highest BCUT2D eigenvalue weighted by Crippen LogP contribution is 1.94. The first-order valence-corrected chi connectivity index (χ1v) is 7.36. The zero-order chi connectivity index (χ0) is 15.5. The number of carbonyl (C=O) groups excluding carboxylic acids is 1. The molecule has 0 spiro atoms. The number of likely N-dealkylation sites (N-methyl/N-ethyl adjacent to an activating group) is 1. The zero-order valence-electron chi connectivity index (χ0n) is 13.0. The number of aliphatic imine (C=N–C) groups is 1. The van der Waals surface area contributed by atoms with Gasteiger partial charge in [-0.25, -0.2) is 4.99 Å². The standard InChI is InChI=1S/C13H25N7O/c1-4-11-19-18-10-20(11)8-7-16-13(15-6-3)17-9-12(21)14-5-2/h10H,4-9H2,1-3H3,(H,14,21)(H2,15,16,17). The topological polar surface area (TPSA) is 96.2 Å². The van der Waals surface area contributed by atoms with Gasteiger partial charge in [0.25, 0.3) is 0 Å². The zero-order valence-corrected chi connectivity index (χ0v) is 13.0. The minimum atomic E-state index is -0.0817. The van der Waals surface area contributed by atoms with E-state index in [0.29, 0.717) is 19.0 Å². The SMILES string of the molecule is CCNC(=O)CN=C(NCC)NCCn1cnnc1CC. The summed E-state index contributed by atoms with van der Waals surface area (Å²) in [4.78, 5) is 15.6. The van der Waals surface area contributed by atoms with Crippen molar-refractivity contribution >= 4 is 11.9 Å². The fourth-order valence-corrected chi connectivity index (χ4v) is 1.78. The smallest absolute Gasteiger partial charge is 0.241 e. The molecule has 1 rings (SSSR count). The number of nitrogens with one attached hydrogen (secondary N) is 3. The fraction of sp³-hybridized carbons (Fsp3) is 0.692. The van der Waals surface area contributed by atoms with Gasteiger partial charge in [-0.1, -0.05) is 6.92 Å². The lowest BCUT2D eigenvalue weighted by Crippen LogP contribution is -2.40. The van der Waals surface area contributed by atoms with Crippen LogP contribution in [-0.4, -0.2) is 52.8 Å². The fourth-order valence-electron chi connectivity index (χ4n) is 1.78. The molecule has 118 valence electrons. The lowest BCUT2D eigenvalue weighted by molar-refractivity contribution is -0.119. The summed E-state index contributed by atoms with van der Waals surface area (Å²) in [7, 11) is 0. The van der Waals surface area contributed by atoms with Crippen LogP contribution in [0.15, 0.2) is 11.3 Å². The van der Waals surface area contributed by atoms with Crippen molar-refractivity contribution in [1.29, 1.82) is 0 Å². The molecule has 8 heteroatoms. The van der Waals surface area contributed by atoms with Gasteiger partial charge in [0.15, 0.2) is 5.96 Å². The Kier molecular flexibility index (Phi) is 7.85. The molecule has 1 aromatic heterocycles. The summed E-state index contributed by atoms with van der Waals surface area (Å²) >= 11 is 0. The van der Waals surface area contributed by atoms with Gasteiger partial charge in [0.1, 0.15) is 18.7 Å². The Bertz CT molecular complexity index is 455. The number of aromatic nitrogens is 3. The largest absolute Gasteiger partial charge is 0.357 e. The van der Waals surface area contributed by atoms with Crippen molar-refractivity contribution in [2.75, 3.05) is 26.2 Å². The Morgan fingerprint density at radius 1 is 1.24 bits per heavy atom. The van der Waals surface area contributed by atoms with Gasteiger partial charge >= 0.3 is 0 Å². The number of hydrogen-bond acceptors (Lipinski definition) is 4. The Morgan fingerprint density at radius 3 is 2.67 bits per heavy atom. The predicted molar refractivity (Wildman–Crippen MR) is 82.1 cm³/mol. The molecule has 21 heavy (non-hydrogen) atoms. The second-order valence-corrected chi connectivity index (χ2v) is 4.37. The van der Waals surface area contributed by atoms with Crippen LogP contribution in [0.1, 0.15) is 26.6 Å². The van der Waals surface area contributed by atoms with Crippen LogP contribution in [0.25, 0.3) is 0 Å². The quantitative estimate of drug-likeness (QED) is 0.445. The predicted octanol–water partition coefficient (Wildman–Crippen LogP) is -0.468. The van der Waals surface area contributed by atoms with E-state index in [2.05, 4.69) is 31.1 Å². The lowest BCUT2D eigenvalue weighted by atomic mass is 10.4. The molecule has 1 amide bonds. The molecule has 1 aromatic rings. The van der Waals surface area contributed by atoms with E-state index in [4.69, 9.17) is 0 Å². The molecule has 0 unspecified atom stereocenters. The molecule has 0 aromatic carbocycles. The third-order valence-corrected chi connectivity index (χ3v) is 2.76. The summed E-state index contributed by atoms with van der Waals surface area (Å²) < 4.78 is 2.00. The maximum Gasteiger partial charge on any atom is 0.241 e. The Hall–Kier alpha value is -2.12. The molecule has 0 saturated carbocycles. The van der Waals surface area contributed by atoms with E-state index in [-0.39, 0.29) is 12.5 Å². The number of nitrogens with zero attached hydrogens (tertiary/aromatic N) is 4. The van der Waals surface area contributed by atoms with Crippen LogP contribution in [0.3, 0.4) is 0 Å². The maximum absolute atomic E-state index is 11.4. The number of amides is 1. The second-order valence-electron chi connectivity index (χ2n) is 4.37. The minimum Gasteiger partial charge on any atom is -0.357 e. The summed E-state index contributed by atoms with van der Waals surface area (Å²) in [6, 6.07) is 0. The molecule has 0 saturated heterocycles. The number of carbonyl (C=O) groups is 1. The van der Waals surface area contributed by atoms with Gasteiger partial charge in [-0.2, -0.15) is 0 Å². The van der Waals surface area contributed by atoms with Crippen molar-refractivity contribution in [1.82, 2.24) is 30.7 Å². The molecule has 0 bridgehead atoms. The molecule has 0 aliphatic carbocycles. The molecule has 3 N–H and O–H groups in total. The number of guanidine groups is 1. The Morgan fingerprint density at radius 2 is 2.00 bits per heavy atom. The number of rotatable bonds is 8. The van der Waals surface area contributed by atoms with Crippen molar-refractivity contribution in [2.24, 2.45) is 4.99 Å². The highest BCUT2D eigenvalue weighted by molar-refractivity contribution is 5.84. The highest BCUT2D eigenvalue weighted by atomic mass is 16.1. The molecule has 0 atom stereocenters. The van der Waals surface area contributed by atoms with Crippen LogP contribution in [0, 0.1) is 0 Å². The first kappa shape index (κ1) is 16.9. The van der Waals surface area contributed by atoms with E-state index >= 15 is 0 Å². The van der Waals surface area contributed by atoms with Gasteiger partial charge in [0.2, 0.25) is 5.91 Å². The average Bonchev–Trinajstić information content (AvgIpc) is 2.92. The van der Waals surface area contributed by atoms with Gasteiger partial charge in [-0.15, -0.1) is 10.2 Å². The minimum absolute atomic E-state index is 0.0817. The van der Waals surface area contributed by atoms with Crippen LogP contribution in [0.5, 0.6) is 0 Å².